The van der Waals surface area contributed by atoms with Crippen LogP contribution in [0.5, 0.6) is 0 Å². The van der Waals surface area contributed by atoms with Gasteiger partial charge in [0.05, 0.1) is 11.3 Å². The Hall–Kier alpha value is -2.09. The minimum atomic E-state index is -0.954. The van der Waals surface area contributed by atoms with Gasteiger partial charge in [-0.25, -0.2) is 4.39 Å². The van der Waals surface area contributed by atoms with Gasteiger partial charge in [0.1, 0.15) is 18.4 Å². The van der Waals surface area contributed by atoms with Crippen LogP contribution in [0.25, 0.3) is 0 Å². The number of aliphatic carboxylic acids is 1. The summed E-state index contributed by atoms with van der Waals surface area (Å²) in [4.78, 5) is 12.4. The van der Waals surface area contributed by atoms with E-state index in [1.807, 2.05) is 6.07 Å². The van der Waals surface area contributed by atoms with Gasteiger partial charge in [-0.3, -0.25) is 4.79 Å². The molecule has 0 saturated heterocycles. The highest BCUT2D eigenvalue weighted by Gasteiger charge is 2.31. The summed E-state index contributed by atoms with van der Waals surface area (Å²) in [6.07, 6.45) is 1.82. The van der Waals surface area contributed by atoms with Crippen LogP contribution in [0.2, 0.25) is 0 Å². The number of carboxylic acid groups (broad SMARTS) is 1. The summed E-state index contributed by atoms with van der Waals surface area (Å²) >= 11 is 0. The Morgan fingerprint density at radius 2 is 2.29 bits per heavy atom. The topological polar surface area (TPSA) is 64.3 Å². The smallest absolute Gasteiger partial charge is 0.323 e. The SMILES string of the molecule is N#Cc1cc(F)ccc1N(CC(=O)O)C1CC1. The third kappa shape index (κ3) is 2.53. The van der Waals surface area contributed by atoms with Crippen molar-refractivity contribution in [2.75, 3.05) is 11.4 Å². The quantitative estimate of drug-likeness (QED) is 0.862. The van der Waals surface area contributed by atoms with Gasteiger partial charge >= 0.3 is 5.97 Å². The third-order valence-electron chi connectivity index (χ3n) is 2.68. The summed E-state index contributed by atoms with van der Waals surface area (Å²) in [6.45, 7) is -0.162. The minimum absolute atomic E-state index is 0.156. The average Bonchev–Trinajstić information content (AvgIpc) is 3.09. The molecule has 0 aliphatic heterocycles. The molecule has 1 aliphatic carbocycles. The molecule has 0 atom stereocenters. The van der Waals surface area contributed by atoms with Crippen LogP contribution >= 0.6 is 0 Å². The second kappa shape index (κ2) is 4.42. The van der Waals surface area contributed by atoms with E-state index in [1.165, 1.54) is 12.1 Å². The van der Waals surface area contributed by atoms with E-state index in [4.69, 9.17) is 10.4 Å². The van der Waals surface area contributed by atoms with Gasteiger partial charge in [-0.15, -0.1) is 0 Å². The van der Waals surface area contributed by atoms with Gasteiger partial charge in [0.15, 0.2) is 0 Å². The summed E-state index contributed by atoms with van der Waals surface area (Å²) in [6, 6.07) is 5.90. The molecule has 88 valence electrons. The summed E-state index contributed by atoms with van der Waals surface area (Å²) in [7, 11) is 0. The summed E-state index contributed by atoms with van der Waals surface area (Å²) in [5.74, 6) is -1.44. The summed E-state index contributed by atoms with van der Waals surface area (Å²) in [5, 5.41) is 17.8. The molecule has 5 heteroatoms. The molecule has 0 aromatic heterocycles. The number of anilines is 1. The molecule has 2 rings (SSSR count). The minimum Gasteiger partial charge on any atom is -0.480 e. The molecule has 1 N–H and O–H groups in total. The number of halogens is 1. The zero-order valence-corrected chi connectivity index (χ0v) is 9.06. The Morgan fingerprint density at radius 3 is 2.82 bits per heavy atom. The normalized spacial score (nSPS) is 14.1. The molecule has 0 radical (unpaired) electrons. The lowest BCUT2D eigenvalue weighted by molar-refractivity contribution is -0.135. The molecule has 0 amide bonds. The van der Waals surface area contributed by atoms with Crippen molar-refractivity contribution in [3.05, 3.63) is 29.6 Å². The number of benzene rings is 1. The number of carboxylic acids is 1. The van der Waals surface area contributed by atoms with Crippen LogP contribution in [0, 0.1) is 17.1 Å². The molecule has 1 aromatic rings. The lowest BCUT2D eigenvalue weighted by Crippen LogP contribution is -2.32. The summed E-state index contributed by atoms with van der Waals surface area (Å²) < 4.78 is 13.0. The van der Waals surface area contributed by atoms with E-state index in [0.717, 1.165) is 18.9 Å². The lowest BCUT2D eigenvalue weighted by atomic mass is 10.1. The van der Waals surface area contributed by atoms with Crippen molar-refractivity contribution in [2.45, 2.75) is 18.9 Å². The van der Waals surface area contributed by atoms with Gasteiger partial charge in [-0.2, -0.15) is 5.26 Å². The first-order valence-corrected chi connectivity index (χ1v) is 5.30. The predicted molar refractivity (Wildman–Crippen MR) is 59.1 cm³/mol. The standard InChI is InChI=1S/C12H11FN2O2/c13-9-1-4-11(8(5-9)6-14)15(7-12(16)17)10-2-3-10/h1,4-5,10H,2-3,7H2,(H,16,17). The molecular formula is C12H11FN2O2. The highest BCUT2D eigenvalue weighted by molar-refractivity contribution is 5.75. The molecule has 0 bridgehead atoms. The number of hydrogen-bond donors (Lipinski definition) is 1. The van der Waals surface area contributed by atoms with Gasteiger partial charge in [-0.05, 0) is 31.0 Å². The van der Waals surface area contributed by atoms with Crippen LogP contribution in [-0.2, 0) is 4.79 Å². The molecule has 1 aliphatic rings. The number of nitrogens with zero attached hydrogens (tertiary/aromatic N) is 2. The maximum atomic E-state index is 13.0. The zero-order chi connectivity index (χ0) is 12.4. The number of nitriles is 1. The predicted octanol–water partition coefficient (Wildman–Crippen LogP) is 1.75. The number of rotatable bonds is 4. The van der Waals surface area contributed by atoms with Crippen molar-refractivity contribution in [3.63, 3.8) is 0 Å². The Morgan fingerprint density at radius 1 is 1.59 bits per heavy atom. The van der Waals surface area contributed by atoms with E-state index in [1.54, 1.807) is 4.90 Å². The second-order valence-electron chi connectivity index (χ2n) is 4.03. The lowest BCUT2D eigenvalue weighted by Gasteiger charge is -2.23. The highest BCUT2D eigenvalue weighted by Crippen LogP contribution is 2.33. The highest BCUT2D eigenvalue weighted by atomic mass is 19.1. The molecule has 17 heavy (non-hydrogen) atoms. The largest absolute Gasteiger partial charge is 0.480 e. The maximum Gasteiger partial charge on any atom is 0.323 e. The Kier molecular flexibility index (Phi) is 2.96. The Bertz CT molecular complexity index is 492. The van der Waals surface area contributed by atoms with Gasteiger partial charge in [0, 0.05) is 6.04 Å². The van der Waals surface area contributed by atoms with Gasteiger partial charge in [-0.1, -0.05) is 0 Å². The van der Waals surface area contributed by atoms with Gasteiger partial charge in [0.25, 0.3) is 0 Å². The van der Waals surface area contributed by atoms with E-state index in [2.05, 4.69) is 0 Å². The van der Waals surface area contributed by atoms with Crippen LogP contribution in [0.1, 0.15) is 18.4 Å². The van der Waals surface area contributed by atoms with Crippen LogP contribution < -0.4 is 4.90 Å². The van der Waals surface area contributed by atoms with Gasteiger partial charge < -0.3 is 10.0 Å². The van der Waals surface area contributed by atoms with Crippen molar-refractivity contribution < 1.29 is 14.3 Å². The fourth-order valence-corrected chi connectivity index (χ4v) is 1.79. The van der Waals surface area contributed by atoms with Crippen LogP contribution in [0.15, 0.2) is 18.2 Å². The Labute approximate surface area is 97.9 Å². The van der Waals surface area contributed by atoms with E-state index in [-0.39, 0.29) is 18.2 Å². The van der Waals surface area contributed by atoms with Crippen molar-refractivity contribution in [1.29, 1.82) is 5.26 Å². The van der Waals surface area contributed by atoms with Crippen molar-refractivity contribution in [2.24, 2.45) is 0 Å². The maximum absolute atomic E-state index is 13.0. The molecule has 1 fully saturated rings. The Balaban J connectivity index is 2.35. The number of carbonyl (C=O) groups is 1. The molecule has 0 spiro atoms. The second-order valence-corrected chi connectivity index (χ2v) is 4.03. The monoisotopic (exact) mass is 234 g/mol. The first-order chi connectivity index (χ1) is 8.11. The third-order valence-corrected chi connectivity index (χ3v) is 2.68. The summed E-state index contributed by atoms with van der Waals surface area (Å²) in [5.41, 5.74) is 0.678. The number of hydrogen-bond acceptors (Lipinski definition) is 3. The first-order valence-electron chi connectivity index (χ1n) is 5.30. The van der Waals surface area contributed by atoms with Crippen LogP contribution in [0.4, 0.5) is 10.1 Å². The first kappa shape index (κ1) is 11.4. The van der Waals surface area contributed by atoms with E-state index >= 15 is 0 Å². The van der Waals surface area contributed by atoms with Crippen molar-refractivity contribution in [1.82, 2.24) is 0 Å². The van der Waals surface area contributed by atoms with Crippen LogP contribution in [0.3, 0.4) is 0 Å². The van der Waals surface area contributed by atoms with Crippen LogP contribution in [-0.4, -0.2) is 23.7 Å². The van der Waals surface area contributed by atoms with Crippen molar-refractivity contribution in [3.8, 4) is 6.07 Å². The fourth-order valence-electron chi connectivity index (χ4n) is 1.79. The van der Waals surface area contributed by atoms with Crippen molar-refractivity contribution >= 4 is 11.7 Å². The van der Waals surface area contributed by atoms with E-state index in [0.29, 0.717) is 5.69 Å². The molecule has 1 aromatic carbocycles. The van der Waals surface area contributed by atoms with Gasteiger partial charge in [0.2, 0.25) is 0 Å². The molecule has 0 unspecified atom stereocenters. The zero-order valence-electron chi connectivity index (χ0n) is 9.06. The average molecular weight is 234 g/mol. The molecule has 4 nitrogen and oxygen atoms in total. The molecule has 0 heterocycles. The molecule has 1 saturated carbocycles. The van der Waals surface area contributed by atoms with E-state index in [9.17, 15) is 9.18 Å². The van der Waals surface area contributed by atoms with E-state index < -0.39 is 11.8 Å². The molecular weight excluding hydrogens is 223 g/mol. The fraction of sp³-hybridized carbons (Fsp3) is 0.333.